The molecule has 0 bridgehead atoms. The zero-order valence-corrected chi connectivity index (χ0v) is 14.0. The van der Waals surface area contributed by atoms with Crippen molar-refractivity contribution in [3.63, 3.8) is 0 Å². The Bertz CT molecular complexity index is 283. The Morgan fingerprint density at radius 1 is 1.25 bits per heavy atom. The summed E-state index contributed by atoms with van der Waals surface area (Å²) in [6.45, 7) is 13.8. The Morgan fingerprint density at radius 2 is 2.00 bits per heavy atom. The molecule has 0 radical (unpaired) electrons. The molecule has 0 amide bonds. The van der Waals surface area contributed by atoms with Crippen molar-refractivity contribution in [3.8, 4) is 0 Å². The number of rotatable bonds is 5. The van der Waals surface area contributed by atoms with Crippen molar-refractivity contribution in [2.75, 3.05) is 26.2 Å². The van der Waals surface area contributed by atoms with E-state index in [1.54, 1.807) is 0 Å². The summed E-state index contributed by atoms with van der Waals surface area (Å²) in [6, 6.07) is 0.659. The fourth-order valence-corrected chi connectivity index (χ4v) is 3.81. The monoisotopic (exact) mass is 282 g/mol. The number of ether oxygens (including phenoxy) is 1. The van der Waals surface area contributed by atoms with Gasteiger partial charge in [-0.2, -0.15) is 0 Å². The normalized spacial score (nSPS) is 31.6. The van der Waals surface area contributed by atoms with E-state index >= 15 is 0 Å². The third-order valence-corrected chi connectivity index (χ3v) is 5.50. The molecule has 118 valence electrons. The van der Waals surface area contributed by atoms with Gasteiger partial charge in [-0.3, -0.25) is 4.90 Å². The SMILES string of the molecule is CCC1(CC)CN(CC2CCCCO2)C(C(C)C)CN1. The minimum atomic E-state index is 0.320. The van der Waals surface area contributed by atoms with Crippen LogP contribution in [0.3, 0.4) is 0 Å². The van der Waals surface area contributed by atoms with Gasteiger partial charge in [0.25, 0.3) is 0 Å². The predicted molar refractivity (Wildman–Crippen MR) is 85.1 cm³/mol. The first kappa shape index (κ1) is 16.3. The molecule has 2 atom stereocenters. The van der Waals surface area contributed by atoms with Gasteiger partial charge in [-0.05, 0) is 38.0 Å². The highest BCUT2D eigenvalue weighted by Crippen LogP contribution is 2.27. The van der Waals surface area contributed by atoms with E-state index in [1.165, 1.54) is 38.6 Å². The molecule has 0 spiro atoms. The van der Waals surface area contributed by atoms with Crippen LogP contribution in [-0.2, 0) is 4.74 Å². The molecular weight excluding hydrogens is 248 g/mol. The molecule has 2 rings (SSSR count). The molecule has 0 aromatic carbocycles. The van der Waals surface area contributed by atoms with E-state index < -0.39 is 0 Å². The lowest BCUT2D eigenvalue weighted by atomic mass is 9.86. The Labute approximate surface area is 125 Å². The quantitative estimate of drug-likeness (QED) is 0.839. The van der Waals surface area contributed by atoms with Crippen molar-refractivity contribution in [2.24, 2.45) is 5.92 Å². The first-order valence-electron chi connectivity index (χ1n) is 8.71. The summed E-state index contributed by atoms with van der Waals surface area (Å²) < 4.78 is 5.98. The summed E-state index contributed by atoms with van der Waals surface area (Å²) in [5, 5.41) is 3.85. The van der Waals surface area contributed by atoms with E-state index in [0.29, 0.717) is 23.6 Å². The Balaban J connectivity index is 2.02. The van der Waals surface area contributed by atoms with Crippen LogP contribution in [0.25, 0.3) is 0 Å². The van der Waals surface area contributed by atoms with Crippen molar-refractivity contribution in [3.05, 3.63) is 0 Å². The number of hydrogen-bond donors (Lipinski definition) is 1. The average molecular weight is 282 g/mol. The van der Waals surface area contributed by atoms with Crippen LogP contribution in [-0.4, -0.2) is 48.8 Å². The maximum Gasteiger partial charge on any atom is 0.0702 e. The molecule has 1 N–H and O–H groups in total. The number of nitrogens with zero attached hydrogens (tertiary/aromatic N) is 1. The predicted octanol–water partition coefficient (Wildman–Crippen LogP) is 3.04. The number of hydrogen-bond acceptors (Lipinski definition) is 3. The summed E-state index contributed by atoms with van der Waals surface area (Å²) in [6.07, 6.45) is 6.75. The maximum atomic E-state index is 5.98. The topological polar surface area (TPSA) is 24.5 Å². The average Bonchev–Trinajstić information content (AvgIpc) is 2.48. The van der Waals surface area contributed by atoms with Gasteiger partial charge in [-0.25, -0.2) is 0 Å². The summed E-state index contributed by atoms with van der Waals surface area (Å²) in [5.41, 5.74) is 0.320. The fourth-order valence-electron chi connectivity index (χ4n) is 3.81. The molecule has 2 fully saturated rings. The van der Waals surface area contributed by atoms with E-state index in [-0.39, 0.29) is 0 Å². The molecule has 0 saturated carbocycles. The Morgan fingerprint density at radius 3 is 2.55 bits per heavy atom. The molecule has 20 heavy (non-hydrogen) atoms. The lowest BCUT2D eigenvalue weighted by Crippen LogP contribution is -2.66. The van der Waals surface area contributed by atoms with Crippen molar-refractivity contribution in [1.29, 1.82) is 0 Å². The molecule has 2 unspecified atom stereocenters. The van der Waals surface area contributed by atoms with Gasteiger partial charge in [0.2, 0.25) is 0 Å². The molecule has 2 heterocycles. The maximum absolute atomic E-state index is 5.98. The molecule has 3 nitrogen and oxygen atoms in total. The van der Waals surface area contributed by atoms with Gasteiger partial charge >= 0.3 is 0 Å². The highest BCUT2D eigenvalue weighted by atomic mass is 16.5. The van der Waals surface area contributed by atoms with Crippen LogP contribution in [0.1, 0.15) is 59.8 Å². The van der Waals surface area contributed by atoms with E-state index in [1.807, 2.05) is 0 Å². The van der Waals surface area contributed by atoms with E-state index in [2.05, 4.69) is 37.9 Å². The molecule has 2 aliphatic heterocycles. The third kappa shape index (κ3) is 3.75. The molecular formula is C17H34N2O. The second kappa shape index (κ2) is 7.24. The van der Waals surface area contributed by atoms with E-state index in [9.17, 15) is 0 Å². The summed E-state index contributed by atoms with van der Waals surface area (Å²) in [7, 11) is 0. The zero-order chi connectivity index (χ0) is 14.6. The standard InChI is InChI=1S/C17H34N2O/c1-5-17(6-2)13-19(16(11-18-17)14(3)4)12-15-9-7-8-10-20-15/h14-16,18H,5-13H2,1-4H3. The molecule has 3 heteroatoms. The number of nitrogens with one attached hydrogen (secondary N) is 1. The fraction of sp³-hybridized carbons (Fsp3) is 1.00. The first-order chi connectivity index (χ1) is 9.60. The number of piperazine rings is 1. The van der Waals surface area contributed by atoms with Gasteiger partial charge in [0.15, 0.2) is 0 Å². The minimum absolute atomic E-state index is 0.320. The van der Waals surface area contributed by atoms with Gasteiger partial charge < -0.3 is 10.1 Å². The lowest BCUT2D eigenvalue weighted by molar-refractivity contribution is -0.0374. The highest BCUT2D eigenvalue weighted by Gasteiger charge is 2.38. The van der Waals surface area contributed by atoms with Crippen molar-refractivity contribution in [1.82, 2.24) is 10.2 Å². The zero-order valence-electron chi connectivity index (χ0n) is 14.0. The molecule has 0 aliphatic carbocycles. The molecule has 0 aromatic heterocycles. The van der Waals surface area contributed by atoms with E-state index in [4.69, 9.17) is 4.74 Å². The van der Waals surface area contributed by atoms with Crippen molar-refractivity contribution >= 4 is 0 Å². The van der Waals surface area contributed by atoms with Crippen LogP contribution in [0.4, 0.5) is 0 Å². The Hall–Kier alpha value is -0.120. The van der Waals surface area contributed by atoms with Crippen LogP contribution >= 0.6 is 0 Å². The smallest absolute Gasteiger partial charge is 0.0702 e. The molecule has 0 aromatic rings. The molecule has 2 saturated heterocycles. The first-order valence-corrected chi connectivity index (χ1v) is 8.71. The second-order valence-electron chi connectivity index (χ2n) is 7.10. The van der Waals surface area contributed by atoms with Gasteiger partial charge in [0, 0.05) is 37.8 Å². The van der Waals surface area contributed by atoms with Gasteiger partial charge in [-0.15, -0.1) is 0 Å². The Kier molecular flexibility index (Phi) is 5.88. The van der Waals surface area contributed by atoms with Crippen molar-refractivity contribution < 1.29 is 4.74 Å². The van der Waals surface area contributed by atoms with Crippen LogP contribution in [0, 0.1) is 5.92 Å². The van der Waals surface area contributed by atoms with Gasteiger partial charge in [-0.1, -0.05) is 27.7 Å². The summed E-state index contributed by atoms with van der Waals surface area (Å²) in [5.74, 6) is 0.706. The summed E-state index contributed by atoms with van der Waals surface area (Å²) >= 11 is 0. The largest absolute Gasteiger partial charge is 0.377 e. The lowest BCUT2D eigenvalue weighted by Gasteiger charge is -2.50. The van der Waals surface area contributed by atoms with E-state index in [0.717, 1.165) is 19.7 Å². The highest BCUT2D eigenvalue weighted by molar-refractivity contribution is 4.98. The molecule has 2 aliphatic rings. The van der Waals surface area contributed by atoms with Crippen molar-refractivity contribution in [2.45, 2.75) is 77.5 Å². The van der Waals surface area contributed by atoms with Crippen LogP contribution in [0.2, 0.25) is 0 Å². The van der Waals surface area contributed by atoms with Gasteiger partial charge in [0.05, 0.1) is 6.10 Å². The third-order valence-electron chi connectivity index (χ3n) is 5.50. The second-order valence-corrected chi connectivity index (χ2v) is 7.10. The minimum Gasteiger partial charge on any atom is -0.377 e. The summed E-state index contributed by atoms with van der Waals surface area (Å²) in [4.78, 5) is 2.73. The van der Waals surface area contributed by atoms with Crippen LogP contribution in [0.5, 0.6) is 0 Å². The van der Waals surface area contributed by atoms with Crippen LogP contribution in [0.15, 0.2) is 0 Å². The van der Waals surface area contributed by atoms with Crippen LogP contribution < -0.4 is 5.32 Å². The van der Waals surface area contributed by atoms with Gasteiger partial charge in [0.1, 0.15) is 0 Å².